The lowest BCUT2D eigenvalue weighted by atomic mass is 9.95. The maximum atomic E-state index is 16.9. The number of carbonyl (C=O) groups is 1. The molecule has 3 saturated heterocycles. The number of likely N-dealkylation sites (tertiary alicyclic amines) is 1. The molecule has 2 aromatic heterocycles. The molecule has 5 heterocycles. The van der Waals surface area contributed by atoms with Gasteiger partial charge >= 0.3 is 6.01 Å². The first-order valence-corrected chi connectivity index (χ1v) is 16.9. The molecule has 8 nitrogen and oxygen atoms in total. The molecule has 2 aromatic carbocycles. The summed E-state index contributed by atoms with van der Waals surface area (Å²) in [6.07, 6.45) is 7.26. The highest BCUT2D eigenvalue weighted by Gasteiger charge is 2.49. The molecule has 3 aliphatic heterocycles. The van der Waals surface area contributed by atoms with Gasteiger partial charge in [-0.15, -0.1) is 0 Å². The highest BCUT2D eigenvalue weighted by Crippen LogP contribution is 2.42. The predicted molar refractivity (Wildman–Crippen MR) is 179 cm³/mol. The molecule has 1 saturated carbocycles. The Morgan fingerprint density at radius 3 is 2.79 bits per heavy atom. The lowest BCUT2D eigenvalue weighted by Gasteiger charge is -2.32. The number of hydrogen-bond donors (Lipinski definition) is 0. The van der Waals surface area contributed by atoms with Gasteiger partial charge in [0.15, 0.2) is 5.82 Å². The summed E-state index contributed by atoms with van der Waals surface area (Å²) in [7, 11) is 0. The molecule has 0 unspecified atom stereocenters. The number of pyridine rings is 1. The van der Waals surface area contributed by atoms with Crippen molar-refractivity contribution in [3.63, 3.8) is 0 Å². The molecular weight excluding hydrogens is 622 g/mol. The first-order chi connectivity index (χ1) is 22.8. The van der Waals surface area contributed by atoms with E-state index in [0.717, 1.165) is 50.6 Å². The van der Waals surface area contributed by atoms with E-state index in [4.69, 9.17) is 21.3 Å². The fourth-order valence-corrected chi connectivity index (χ4v) is 8.23. The number of nitrogens with zero attached hydrogens (tertiary/aromatic N) is 6. The Morgan fingerprint density at radius 2 is 1.98 bits per heavy atom. The van der Waals surface area contributed by atoms with Gasteiger partial charge in [-0.1, -0.05) is 48.5 Å². The summed E-state index contributed by atoms with van der Waals surface area (Å²) in [6, 6.07) is 11.2. The van der Waals surface area contributed by atoms with E-state index >= 15 is 4.39 Å². The van der Waals surface area contributed by atoms with E-state index in [1.54, 1.807) is 17.2 Å². The summed E-state index contributed by atoms with van der Waals surface area (Å²) >= 11 is 6.64. The van der Waals surface area contributed by atoms with Crippen molar-refractivity contribution in [1.29, 1.82) is 0 Å². The second-order valence-electron chi connectivity index (χ2n) is 13.5. The number of alkyl halides is 1. The molecule has 4 fully saturated rings. The summed E-state index contributed by atoms with van der Waals surface area (Å²) in [5.74, 6) is 0.327. The fraction of sp³-hybridized carbons (Fsp3) is 0.444. The number of ether oxygens (including phenoxy) is 1. The minimum Gasteiger partial charge on any atom is -0.461 e. The minimum atomic E-state index is -0.900. The zero-order valence-corrected chi connectivity index (χ0v) is 26.9. The number of amides is 1. The quantitative estimate of drug-likeness (QED) is 0.188. The van der Waals surface area contributed by atoms with Crippen LogP contribution in [0.25, 0.3) is 32.9 Å². The van der Waals surface area contributed by atoms with E-state index in [9.17, 15) is 9.18 Å². The largest absolute Gasteiger partial charge is 0.461 e. The van der Waals surface area contributed by atoms with Crippen molar-refractivity contribution in [3.8, 4) is 17.3 Å². The van der Waals surface area contributed by atoms with Crippen molar-refractivity contribution in [1.82, 2.24) is 24.8 Å². The number of carbonyl (C=O) groups excluding carboxylic acids is 1. The van der Waals surface area contributed by atoms with Crippen LogP contribution < -0.4 is 9.64 Å². The molecule has 4 aliphatic rings. The Bertz CT molecular complexity index is 1880. The lowest BCUT2D eigenvalue weighted by molar-refractivity contribution is -0.125. The molecule has 8 rings (SSSR count). The highest BCUT2D eigenvalue weighted by molar-refractivity contribution is 6.36. The van der Waals surface area contributed by atoms with Gasteiger partial charge in [-0.25, -0.2) is 8.78 Å². The SMILES string of the molecule is C=CC(=O)N1CC[C@@H](N(CC2CC2)c2nc(OC[C@@]34CCCN3C[C@H](F)C4)nc3c(F)c(-c4cccc5cccc(Cl)c45)ncc23)C1. The van der Waals surface area contributed by atoms with Gasteiger partial charge in [-0.05, 0) is 62.1 Å². The van der Waals surface area contributed by atoms with E-state index in [1.807, 2.05) is 30.3 Å². The van der Waals surface area contributed by atoms with Gasteiger partial charge < -0.3 is 14.5 Å². The van der Waals surface area contributed by atoms with E-state index in [2.05, 4.69) is 26.3 Å². The van der Waals surface area contributed by atoms with Crippen molar-refractivity contribution in [2.24, 2.45) is 5.92 Å². The van der Waals surface area contributed by atoms with Gasteiger partial charge in [0.05, 0.1) is 10.9 Å². The van der Waals surface area contributed by atoms with Crippen LogP contribution in [0.4, 0.5) is 14.6 Å². The van der Waals surface area contributed by atoms with Crippen LogP contribution in [0.5, 0.6) is 6.01 Å². The van der Waals surface area contributed by atoms with Crippen LogP contribution >= 0.6 is 11.6 Å². The molecule has 0 bridgehead atoms. The number of aromatic nitrogens is 3. The number of rotatable bonds is 9. The van der Waals surface area contributed by atoms with Gasteiger partial charge in [0, 0.05) is 60.8 Å². The normalized spacial score (nSPS) is 24.3. The number of halogens is 3. The van der Waals surface area contributed by atoms with Crippen molar-refractivity contribution in [2.75, 3.05) is 44.2 Å². The number of anilines is 1. The first-order valence-electron chi connectivity index (χ1n) is 16.6. The summed E-state index contributed by atoms with van der Waals surface area (Å²) < 4.78 is 37.8. The van der Waals surface area contributed by atoms with Crippen LogP contribution in [-0.4, -0.2) is 87.7 Å². The second-order valence-corrected chi connectivity index (χ2v) is 14.0. The van der Waals surface area contributed by atoms with Crippen molar-refractivity contribution < 1.29 is 18.3 Å². The zero-order chi connectivity index (χ0) is 32.3. The smallest absolute Gasteiger partial charge is 0.319 e. The first kappa shape index (κ1) is 30.4. The Morgan fingerprint density at radius 1 is 1.15 bits per heavy atom. The molecule has 3 atom stereocenters. The van der Waals surface area contributed by atoms with Gasteiger partial charge in [0.1, 0.15) is 29.8 Å². The second kappa shape index (κ2) is 12.0. The number of fused-ring (bicyclic) bond motifs is 3. The Balaban J connectivity index is 1.25. The summed E-state index contributed by atoms with van der Waals surface area (Å²) in [4.78, 5) is 33.0. The molecule has 0 spiro atoms. The standard InChI is InChI=1S/C36H37ClF2N6O2/c1-2-29(46)43-15-12-25(20-43)45(18-22-10-11-22)34-27-17-40-32(26-8-3-6-23-7-4-9-28(37)30(23)26)31(39)33(27)41-35(42-34)47-21-36-13-5-14-44(36)19-24(38)16-36/h2-4,6-9,17,22,24-25H,1,5,10-16,18-21H2/t24-,25-,36+/m1/s1. The van der Waals surface area contributed by atoms with Crippen LogP contribution in [0.2, 0.25) is 5.02 Å². The van der Waals surface area contributed by atoms with E-state index in [-0.39, 0.29) is 35.8 Å². The third-order valence-corrected chi connectivity index (χ3v) is 10.8. The van der Waals surface area contributed by atoms with Crippen LogP contribution in [0.3, 0.4) is 0 Å². The van der Waals surface area contributed by atoms with Crippen LogP contribution in [0.1, 0.15) is 38.5 Å². The van der Waals surface area contributed by atoms with E-state index in [1.165, 1.54) is 6.08 Å². The topological polar surface area (TPSA) is 74.7 Å². The lowest BCUT2D eigenvalue weighted by Crippen LogP contribution is -2.43. The predicted octanol–water partition coefficient (Wildman–Crippen LogP) is 6.60. The van der Waals surface area contributed by atoms with Crippen molar-refractivity contribution in [3.05, 3.63) is 66.1 Å². The van der Waals surface area contributed by atoms with Gasteiger partial charge in [0.2, 0.25) is 5.91 Å². The third-order valence-electron chi connectivity index (χ3n) is 10.5. The van der Waals surface area contributed by atoms with Gasteiger partial charge in [-0.3, -0.25) is 14.7 Å². The monoisotopic (exact) mass is 658 g/mol. The Kier molecular flexibility index (Phi) is 7.75. The minimum absolute atomic E-state index is 0.0314. The fourth-order valence-electron chi connectivity index (χ4n) is 7.95. The molecule has 11 heteroatoms. The highest BCUT2D eigenvalue weighted by atomic mass is 35.5. The Hall–Kier alpha value is -3.89. The van der Waals surface area contributed by atoms with Crippen LogP contribution in [0, 0.1) is 11.7 Å². The molecular formula is C36H37ClF2N6O2. The zero-order valence-electron chi connectivity index (χ0n) is 26.2. The third kappa shape index (κ3) is 5.49. The molecule has 0 N–H and O–H groups in total. The number of benzene rings is 2. The Labute approximate surface area is 277 Å². The summed E-state index contributed by atoms with van der Waals surface area (Å²) in [6.45, 7) is 6.96. The van der Waals surface area contributed by atoms with Gasteiger partial charge in [-0.2, -0.15) is 9.97 Å². The molecule has 1 amide bonds. The van der Waals surface area contributed by atoms with Crippen molar-refractivity contribution in [2.45, 2.75) is 56.3 Å². The van der Waals surface area contributed by atoms with Crippen LogP contribution in [-0.2, 0) is 4.79 Å². The molecule has 244 valence electrons. The average Bonchev–Trinajstić information content (AvgIpc) is 3.46. The maximum Gasteiger partial charge on any atom is 0.319 e. The molecule has 0 radical (unpaired) electrons. The average molecular weight is 659 g/mol. The van der Waals surface area contributed by atoms with Crippen LogP contribution in [0.15, 0.2) is 55.3 Å². The molecule has 47 heavy (non-hydrogen) atoms. The summed E-state index contributed by atoms with van der Waals surface area (Å²) in [5, 5.41) is 2.57. The molecule has 1 aliphatic carbocycles. The van der Waals surface area contributed by atoms with E-state index < -0.39 is 17.5 Å². The summed E-state index contributed by atoms with van der Waals surface area (Å²) in [5.41, 5.74) is 0.401. The molecule has 4 aromatic rings. The number of hydrogen-bond acceptors (Lipinski definition) is 7. The van der Waals surface area contributed by atoms with Crippen molar-refractivity contribution >= 4 is 45.0 Å². The van der Waals surface area contributed by atoms with Gasteiger partial charge in [0.25, 0.3) is 0 Å². The van der Waals surface area contributed by atoms with E-state index in [0.29, 0.717) is 59.1 Å². The maximum absolute atomic E-state index is 16.9.